The molecule has 2 N–H and O–H groups in total. The predicted molar refractivity (Wildman–Crippen MR) is 98.4 cm³/mol. The fourth-order valence-corrected chi connectivity index (χ4v) is 7.27. The van der Waals surface area contributed by atoms with Gasteiger partial charge < -0.3 is 14.8 Å². The maximum Gasteiger partial charge on any atom is 0.129 e. The molecule has 142 valence electrons. The van der Waals surface area contributed by atoms with Crippen LogP contribution in [0.4, 0.5) is 4.39 Å². The quantitative estimate of drug-likeness (QED) is 0.871. The van der Waals surface area contributed by atoms with Crippen molar-refractivity contribution in [2.24, 2.45) is 23.7 Å². The summed E-state index contributed by atoms with van der Waals surface area (Å²) < 4.78 is 16.7. The molecule has 4 nitrogen and oxygen atoms in total. The van der Waals surface area contributed by atoms with Gasteiger partial charge in [-0.05, 0) is 68.3 Å². The third kappa shape index (κ3) is 2.24. The van der Waals surface area contributed by atoms with E-state index < -0.39 is 11.7 Å². The van der Waals surface area contributed by atoms with E-state index in [-0.39, 0.29) is 17.8 Å². The number of aliphatic hydroxyl groups excluding tert-OH is 1. The number of rotatable bonds is 3. The minimum Gasteiger partial charge on any atom is -0.393 e. The highest BCUT2D eigenvalue weighted by atomic mass is 19.1. The molecule has 2 aromatic rings. The fourth-order valence-electron chi connectivity index (χ4n) is 7.27. The van der Waals surface area contributed by atoms with Crippen LogP contribution in [-0.4, -0.2) is 31.5 Å². The SMILES string of the molecule is O[C@H](C[C@@H]1c2c(F)cccc2-c2cncn21)C1C2CC3CC1CC(O)(C3)C2. The molecule has 2 heterocycles. The molecule has 4 atom stereocenters. The Morgan fingerprint density at radius 2 is 2.00 bits per heavy atom. The van der Waals surface area contributed by atoms with Crippen LogP contribution >= 0.6 is 0 Å². The number of nitrogens with zero attached hydrogens (tertiary/aromatic N) is 2. The van der Waals surface area contributed by atoms with Gasteiger partial charge in [0, 0.05) is 11.1 Å². The average molecular weight is 368 g/mol. The van der Waals surface area contributed by atoms with Crippen LogP contribution in [0.3, 0.4) is 0 Å². The first kappa shape index (κ1) is 16.3. The van der Waals surface area contributed by atoms with E-state index >= 15 is 0 Å². The number of aliphatic hydroxyl groups is 2. The van der Waals surface area contributed by atoms with Crippen LogP contribution in [0.5, 0.6) is 0 Å². The maximum atomic E-state index is 14.7. The number of hydrogen-bond donors (Lipinski definition) is 2. The summed E-state index contributed by atoms with van der Waals surface area (Å²) in [4.78, 5) is 4.25. The molecule has 4 aliphatic carbocycles. The summed E-state index contributed by atoms with van der Waals surface area (Å²) in [5.74, 6) is 1.46. The molecule has 7 rings (SSSR count). The van der Waals surface area contributed by atoms with Gasteiger partial charge in [-0.15, -0.1) is 0 Å². The Balaban J connectivity index is 1.32. The Hall–Kier alpha value is -1.72. The van der Waals surface area contributed by atoms with Crippen molar-refractivity contribution in [3.8, 4) is 11.3 Å². The first-order valence-electron chi connectivity index (χ1n) is 10.2. The van der Waals surface area contributed by atoms with E-state index in [2.05, 4.69) is 4.98 Å². The predicted octanol–water partition coefficient (Wildman–Crippen LogP) is 3.53. The number of halogens is 1. The molecule has 0 saturated heterocycles. The molecule has 4 saturated carbocycles. The summed E-state index contributed by atoms with van der Waals surface area (Å²) in [7, 11) is 0. The van der Waals surface area contributed by atoms with Gasteiger partial charge in [-0.2, -0.15) is 0 Å². The highest BCUT2D eigenvalue weighted by molar-refractivity contribution is 5.69. The fraction of sp³-hybridized carbons (Fsp3) is 0.591. The average Bonchev–Trinajstić information content (AvgIpc) is 3.16. The summed E-state index contributed by atoms with van der Waals surface area (Å²) in [6.07, 6.45) is 8.43. The zero-order valence-corrected chi connectivity index (χ0v) is 15.3. The molecule has 1 aromatic carbocycles. The van der Waals surface area contributed by atoms with Gasteiger partial charge in [0.25, 0.3) is 0 Å². The van der Waals surface area contributed by atoms with Crippen LogP contribution in [-0.2, 0) is 0 Å². The van der Waals surface area contributed by atoms with Crippen molar-refractivity contribution >= 4 is 0 Å². The second-order valence-electron chi connectivity index (χ2n) is 9.48. The second-order valence-corrected chi connectivity index (χ2v) is 9.48. The highest BCUT2D eigenvalue weighted by Crippen LogP contribution is 2.59. The zero-order chi connectivity index (χ0) is 18.3. The normalized spacial score (nSPS) is 39.4. The smallest absolute Gasteiger partial charge is 0.129 e. The second kappa shape index (κ2) is 5.42. The molecule has 1 aliphatic heterocycles. The van der Waals surface area contributed by atoms with Crippen LogP contribution in [0, 0.1) is 29.5 Å². The summed E-state index contributed by atoms with van der Waals surface area (Å²) in [5, 5.41) is 22.1. The van der Waals surface area contributed by atoms with E-state index in [4.69, 9.17) is 0 Å². The molecular weight excluding hydrogens is 343 g/mol. The Morgan fingerprint density at radius 3 is 2.74 bits per heavy atom. The van der Waals surface area contributed by atoms with Gasteiger partial charge in [-0.1, -0.05) is 12.1 Å². The van der Waals surface area contributed by atoms with Crippen LogP contribution in [0.1, 0.15) is 50.1 Å². The first-order valence-corrected chi connectivity index (χ1v) is 10.2. The molecule has 0 spiro atoms. The molecular formula is C22H25FN2O2. The van der Waals surface area contributed by atoms with Crippen molar-refractivity contribution in [2.75, 3.05) is 0 Å². The van der Waals surface area contributed by atoms with Crippen molar-refractivity contribution in [1.29, 1.82) is 0 Å². The van der Waals surface area contributed by atoms with Crippen molar-refractivity contribution < 1.29 is 14.6 Å². The van der Waals surface area contributed by atoms with Gasteiger partial charge in [0.15, 0.2) is 0 Å². The highest BCUT2D eigenvalue weighted by Gasteiger charge is 2.56. The Morgan fingerprint density at radius 1 is 1.22 bits per heavy atom. The lowest BCUT2D eigenvalue weighted by atomic mass is 9.49. The molecule has 4 fully saturated rings. The van der Waals surface area contributed by atoms with Crippen LogP contribution in [0.2, 0.25) is 0 Å². The van der Waals surface area contributed by atoms with Crippen LogP contribution in [0.25, 0.3) is 11.3 Å². The largest absolute Gasteiger partial charge is 0.393 e. The van der Waals surface area contributed by atoms with Gasteiger partial charge in [-0.3, -0.25) is 0 Å². The van der Waals surface area contributed by atoms with Gasteiger partial charge in [0.2, 0.25) is 0 Å². The lowest BCUT2D eigenvalue weighted by Crippen LogP contribution is -2.57. The van der Waals surface area contributed by atoms with Crippen molar-refractivity contribution in [3.05, 3.63) is 42.1 Å². The third-order valence-electron chi connectivity index (χ3n) is 7.89. The minimum absolute atomic E-state index is 0.200. The Kier molecular flexibility index (Phi) is 3.26. The molecule has 0 amide bonds. The number of fused-ring (bicyclic) bond motifs is 3. The minimum atomic E-state index is -0.490. The number of imidazole rings is 1. The van der Waals surface area contributed by atoms with E-state index in [1.165, 1.54) is 6.07 Å². The lowest BCUT2D eigenvalue weighted by Gasteiger charge is -2.59. The molecule has 1 aromatic heterocycles. The van der Waals surface area contributed by atoms with Crippen LogP contribution < -0.4 is 0 Å². The van der Waals surface area contributed by atoms with Gasteiger partial charge >= 0.3 is 0 Å². The number of benzene rings is 1. The molecule has 2 unspecified atom stereocenters. The van der Waals surface area contributed by atoms with E-state index in [0.29, 0.717) is 29.7 Å². The van der Waals surface area contributed by atoms with Crippen molar-refractivity contribution in [3.63, 3.8) is 0 Å². The van der Waals surface area contributed by atoms with E-state index in [9.17, 15) is 14.6 Å². The topological polar surface area (TPSA) is 58.3 Å². The van der Waals surface area contributed by atoms with Crippen molar-refractivity contribution in [2.45, 2.75) is 56.3 Å². The Bertz CT molecular complexity index is 893. The van der Waals surface area contributed by atoms with Crippen LogP contribution in [0.15, 0.2) is 30.7 Å². The zero-order valence-electron chi connectivity index (χ0n) is 15.3. The lowest BCUT2D eigenvalue weighted by molar-refractivity contribution is -0.174. The summed E-state index contributed by atoms with van der Waals surface area (Å²) in [6.45, 7) is 0. The van der Waals surface area contributed by atoms with Gasteiger partial charge in [0.05, 0.1) is 36.0 Å². The van der Waals surface area contributed by atoms with E-state index in [1.807, 2.05) is 10.6 Å². The molecule has 5 aliphatic rings. The number of hydrogen-bond acceptors (Lipinski definition) is 3. The van der Waals surface area contributed by atoms with Gasteiger partial charge in [-0.25, -0.2) is 9.37 Å². The molecule has 0 radical (unpaired) electrons. The Labute approximate surface area is 158 Å². The summed E-state index contributed by atoms with van der Waals surface area (Å²) in [5.41, 5.74) is 2.03. The standard InChI is InChI=1S/C22H25FN2O2/c23-16-3-1-2-15-18-10-24-11-25(18)17(21(15)16)6-19(26)20-13-4-12-5-14(20)9-22(27,7-12)8-13/h1-3,10-14,17,19-20,26-27H,4-9H2/t12?,13?,14?,17-,19-,20?,22?/m1/s1. The number of aromatic nitrogens is 2. The molecule has 5 heteroatoms. The molecule has 4 bridgehead atoms. The summed E-state index contributed by atoms with van der Waals surface area (Å²) in [6, 6.07) is 4.99. The van der Waals surface area contributed by atoms with E-state index in [1.54, 1.807) is 18.6 Å². The van der Waals surface area contributed by atoms with Gasteiger partial charge in [0.1, 0.15) is 5.82 Å². The maximum absolute atomic E-state index is 14.7. The monoisotopic (exact) mass is 368 g/mol. The summed E-state index contributed by atoms with van der Waals surface area (Å²) >= 11 is 0. The van der Waals surface area contributed by atoms with E-state index in [0.717, 1.165) is 43.4 Å². The van der Waals surface area contributed by atoms with Crippen molar-refractivity contribution in [1.82, 2.24) is 9.55 Å². The third-order valence-corrected chi connectivity index (χ3v) is 7.89. The molecule has 27 heavy (non-hydrogen) atoms. The first-order chi connectivity index (χ1) is 13.0.